The van der Waals surface area contributed by atoms with Crippen LogP contribution in [0.25, 0.3) is 0 Å². The van der Waals surface area contributed by atoms with E-state index in [0.717, 1.165) is 25.3 Å². The first kappa shape index (κ1) is 12.9. The maximum absolute atomic E-state index is 12.2. The van der Waals surface area contributed by atoms with Crippen LogP contribution in [0.15, 0.2) is 0 Å². The van der Waals surface area contributed by atoms with Crippen LogP contribution in [0.5, 0.6) is 0 Å². The number of aliphatic hydroxyl groups excluding tert-OH is 1. The SMILES string of the molecule is CC1(C)C(O)CCN1C(=O)CCC1CCCC1. The molecule has 1 unspecified atom stereocenters. The fourth-order valence-corrected chi connectivity index (χ4v) is 3.28. The molecule has 3 nitrogen and oxygen atoms in total. The molecule has 2 aliphatic rings. The first-order chi connectivity index (χ1) is 8.01. The maximum atomic E-state index is 12.2. The number of nitrogens with zero attached hydrogens (tertiary/aromatic N) is 1. The molecule has 2 fully saturated rings. The Balaban J connectivity index is 1.83. The minimum absolute atomic E-state index is 0.235. The zero-order valence-electron chi connectivity index (χ0n) is 11.1. The fraction of sp³-hybridized carbons (Fsp3) is 0.929. The van der Waals surface area contributed by atoms with Gasteiger partial charge < -0.3 is 10.0 Å². The van der Waals surface area contributed by atoms with Crippen molar-refractivity contribution in [3.05, 3.63) is 0 Å². The molecule has 0 spiro atoms. The summed E-state index contributed by atoms with van der Waals surface area (Å²) in [4.78, 5) is 14.1. The van der Waals surface area contributed by atoms with E-state index in [4.69, 9.17) is 0 Å². The molecule has 1 aliphatic heterocycles. The third kappa shape index (κ3) is 2.65. The van der Waals surface area contributed by atoms with E-state index in [1.807, 2.05) is 18.7 Å². The van der Waals surface area contributed by atoms with Gasteiger partial charge in [-0.3, -0.25) is 4.79 Å². The molecule has 0 aromatic carbocycles. The van der Waals surface area contributed by atoms with Gasteiger partial charge in [0.05, 0.1) is 11.6 Å². The normalized spacial score (nSPS) is 28.9. The second kappa shape index (κ2) is 4.97. The second-order valence-electron chi connectivity index (χ2n) is 6.19. The maximum Gasteiger partial charge on any atom is 0.223 e. The van der Waals surface area contributed by atoms with Crippen LogP contribution in [0.4, 0.5) is 0 Å². The van der Waals surface area contributed by atoms with Gasteiger partial charge in [0.1, 0.15) is 0 Å². The van der Waals surface area contributed by atoms with E-state index in [1.165, 1.54) is 25.7 Å². The van der Waals surface area contributed by atoms with Gasteiger partial charge in [0, 0.05) is 13.0 Å². The molecule has 0 aromatic rings. The lowest BCUT2D eigenvalue weighted by Gasteiger charge is -2.34. The minimum atomic E-state index is -0.368. The number of carbonyl (C=O) groups excluding carboxylic acids is 1. The lowest BCUT2D eigenvalue weighted by Crippen LogP contribution is -2.48. The van der Waals surface area contributed by atoms with Crippen LogP contribution >= 0.6 is 0 Å². The molecule has 98 valence electrons. The van der Waals surface area contributed by atoms with Gasteiger partial charge in [-0.2, -0.15) is 0 Å². The van der Waals surface area contributed by atoms with Gasteiger partial charge in [-0.25, -0.2) is 0 Å². The molecule has 1 saturated carbocycles. The molecule has 17 heavy (non-hydrogen) atoms. The Morgan fingerprint density at radius 2 is 1.94 bits per heavy atom. The van der Waals surface area contributed by atoms with Gasteiger partial charge in [-0.15, -0.1) is 0 Å². The molecule has 1 amide bonds. The molecule has 1 aliphatic carbocycles. The Kier molecular flexibility index (Phi) is 3.76. The van der Waals surface area contributed by atoms with Crippen LogP contribution in [0, 0.1) is 5.92 Å². The summed E-state index contributed by atoms with van der Waals surface area (Å²) in [6.07, 6.45) is 7.36. The van der Waals surface area contributed by atoms with Crippen LogP contribution in [0.1, 0.15) is 58.8 Å². The Bertz CT molecular complexity index is 282. The summed E-state index contributed by atoms with van der Waals surface area (Å²) in [5.74, 6) is 1.01. The zero-order valence-corrected chi connectivity index (χ0v) is 11.1. The van der Waals surface area contributed by atoms with Gasteiger partial charge in [0.15, 0.2) is 0 Å². The predicted octanol–water partition coefficient (Wildman–Crippen LogP) is 2.33. The van der Waals surface area contributed by atoms with Crippen LogP contribution in [-0.2, 0) is 4.79 Å². The molecule has 0 aromatic heterocycles. The highest BCUT2D eigenvalue weighted by Gasteiger charge is 2.42. The summed E-state index contributed by atoms with van der Waals surface area (Å²) >= 11 is 0. The first-order valence-corrected chi connectivity index (χ1v) is 7.00. The second-order valence-corrected chi connectivity index (χ2v) is 6.19. The standard InChI is InChI=1S/C14H25NO2/c1-14(2)12(16)9-10-15(14)13(17)8-7-11-5-3-4-6-11/h11-12,16H,3-10H2,1-2H3. The number of likely N-dealkylation sites (tertiary alicyclic amines) is 1. The summed E-state index contributed by atoms with van der Waals surface area (Å²) in [6, 6.07) is 0. The van der Waals surface area contributed by atoms with Gasteiger partial charge in [-0.05, 0) is 32.6 Å². The molecule has 3 heteroatoms. The molecule has 2 rings (SSSR count). The van der Waals surface area contributed by atoms with E-state index in [0.29, 0.717) is 6.42 Å². The lowest BCUT2D eigenvalue weighted by molar-refractivity contribution is -0.136. The van der Waals surface area contributed by atoms with E-state index in [-0.39, 0.29) is 17.6 Å². The minimum Gasteiger partial charge on any atom is -0.391 e. The number of amides is 1. The number of rotatable bonds is 3. The third-order valence-corrected chi connectivity index (χ3v) is 4.68. The smallest absolute Gasteiger partial charge is 0.223 e. The van der Waals surface area contributed by atoms with Crippen molar-refractivity contribution in [2.45, 2.75) is 70.4 Å². The van der Waals surface area contributed by atoms with Gasteiger partial charge in [-0.1, -0.05) is 25.7 Å². The topological polar surface area (TPSA) is 40.5 Å². The molecule has 0 bridgehead atoms. The largest absolute Gasteiger partial charge is 0.391 e. The van der Waals surface area contributed by atoms with E-state index in [9.17, 15) is 9.90 Å². The van der Waals surface area contributed by atoms with Crippen LogP contribution < -0.4 is 0 Å². The van der Waals surface area contributed by atoms with Crippen LogP contribution in [0.3, 0.4) is 0 Å². The highest BCUT2D eigenvalue weighted by atomic mass is 16.3. The number of aliphatic hydroxyl groups is 1. The molecular formula is C14H25NO2. The Morgan fingerprint density at radius 3 is 2.47 bits per heavy atom. The van der Waals surface area contributed by atoms with Crippen molar-refractivity contribution in [1.82, 2.24) is 4.90 Å². The van der Waals surface area contributed by atoms with Crippen molar-refractivity contribution in [1.29, 1.82) is 0 Å². The van der Waals surface area contributed by atoms with Crippen molar-refractivity contribution in [3.8, 4) is 0 Å². The number of carbonyl (C=O) groups is 1. The quantitative estimate of drug-likeness (QED) is 0.821. The van der Waals surface area contributed by atoms with Gasteiger partial charge >= 0.3 is 0 Å². The molecule has 1 saturated heterocycles. The van der Waals surface area contributed by atoms with Gasteiger partial charge in [0.2, 0.25) is 5.91 Å². The van der Waals surface area contributed by atoms with E-state index in [1.54, 1.807) is 0 Å². The average Bonchev–Trinajstić information content (AvgIpc) is 2.86. The highest BCUT2D eigenvalue weighted by molar-refractivity contribution is 5.77. The van der Waals surface area contributed by atoms with E-state index < -0.39 is 0 Å². The first-order valence-electron chi connectivity index (χ1n) is 7.00. The van der Waals surface area contributed by atoms with Crippen molar-refractivity contribution in [2.75, 3.05) is 6.54 Å². The lowest BCUT2D eigenvalue weighted by atomic mass is 9.97. The van der Waals surface area contributed by atoms with Crippen molar-refractivity contribution < 1.29 is 9.90 Å². The van der Waals surface area contributed by atoms with Crippen LogP contribution in [0.2, 0.25) is 0 Å². The summed E-state index contributed by atoms with van der Waals surface area (Å²) in [5.41, 5.74) is -0.368. The van der Waals surface area contributed by atoms with Crippen molar-refractivity contribution in [2.24, 2.45) is 5.92 Å². The van der Waals surface area contributed by atoms with Crippen molar-refractivity contribution in [3.63, 3.8) is 0 Å². The zero-order chi connectivity index (χ0) is 12.5. The van der Waals surface area contributed by atoms with Crippen LogP contribution in [-0.4, -0.2) is 34.1 Å². The fourth-order valence-electron chi connectivity index (χ4n) is 3.28. The molecular weight excluding hydrogens is 214 g/mol. The Morgan fingerprint density at radius 1 is 1.29 bits per heavy atom. The number of hydrogen-bond donors (Lipinski definition) is 1. The summed E-state index contributed by atoms with van der Waals surface area (Å²) in [7, 11) is 0. The summed E-state index contributed by atoms with van der Waals surface area (Å²) in [5, 5.41) is 9.86. The van der Waals surface area contributed by atoms with Crippen molar-refractivity contribution >= 4 is 5.91 Å². The molecule has 0 radical (unpaired) electrons. The Hall–Kier alpha value is -0.570. The third-order valence-electron chi connectivity index (χ3n) is 4.68. The van der Waals surface area contributed by atoms with E-state index >= 15 is 0 Å². The van der Waals surface area contributed by atoms with E-state index in [2.05, 4.69) is 0 Å². The molecule has 1 atom stereocenters. The predicted molar refractivity (Wildman–Crippen MR) is 67.6 cm³/mol. The molecule has 1 heterocycles. The summed E-state index contributed by atoms with van der Waals surface area (Å²) < 4.78 is 0. The summed E-state index contributed by atoms with van der Waals surface area (Å²) in [6.45, 7) is 4.66. The number of hydrogen-bond acceptors (Lipinski definition) is 2. The average molecular weight is 239 g/mol. The Labute approximate surface area is 104 Å². The molecule has 1 N–H and O–H groups in total. The van der Waals surface area contributed by atoms with Gasteiger partial charge in [0.25, 0.3) is 0 Å². The highest BCUT2D eigenvalue weighted by Crippen LogP contribution is 2.32. The monoisotopic (exact) mass is 239 g/mol.